The van der Waals surface area contributed by atoms with Crippen LogP contribution >= 0.6 is 12.2 Å². The van der Waals surface area contributed by atoms with Crippen molar-refractivity contribution in [1.29, 1.82) is 5.26 Å². The van der Waals surface area contributed by atoms with Gasteiger partial charge in [0, 0.05) is 44.5 Å². The highest BCUT2D eigenvalue weighted by Gasteiger charge is 2.51. The van der Waals surface area contributed by atoms with Gasteiger partial charge in [-0.25, -0.2) is 4.39 Å². The fourth-order valence-corrected chi connectivity index (χ4v) is 5.37. The monoisotopic (exact) mass is 593 g/mol. The molecule has 2 saturated heterocycles. The molecule has 0 aliphatic carbocycles. The molecule has 218 valence electrons. The van der Waals surface area contributed by atoms with Crippen LogP contribution in [-0.4, -0.2) is 83.3 Å². The Bertz CT molecular complexity index is 1400. The van der Waals surface area contributed by atoms with E-state index >= 15 is 4.39 Å². The van der Waals surface area contributed by atoms with Crippen molar-refractivity contribution in [1.82, 2.24) is 9.80 Å². The number of anilines is 2. The van der Waals surface area contributed by atoms with E-state index in [1.54, 1.807) is 0 Å². The summed E-state index contributed by atoms with van der Waals surface area (Å²) in [5, 5.41) is 17.8. The second-order valence-corrected chi connectivity index (χ2v) is 10.5. The van der Waals surface area contributed by atoms with Gasteiger partial charge < -0.3 is 14.7 Å². The quantitative estimate of drug-likeness (QED) is 0.363. The van der Waals surface area contributed by atoms with Crippen LogP contribution in [0.3, 0.4) is 0 Å². The lowest BCUT2D eigenvalue weighted by Crippen LogP contribution is -2.48. The topological polar surface area (TPSA) is 100 Å². The molecule has 4 rings (SSSR count). The van der Waals surface area contributed by atoms with E-state index in [-0.39, 0.29) is 35.4 Å². The molecule has 0 atom stereocenters. The van der Waals surface area contributed by atoms with Gasteiger partial charge in [0.1, 0.15) is 12.1 Å². The number of piperazine rings is 1. The lowest BCUT2D eigenvalue weighted by molar-refractivity contribution is -0.139. The summed E-state index contributed by atoms with van der Waals surface area (Å²) in [6, 6.07) is 8.43. The molecule has 0 radical (unpaired) electrons. The number of thiocarbonyl (C=S) groups is 1. The first kappa shape index (κ1) is 30.2. The van der Waals surface area contributed by atoms with Gasteiger partial charge in [0.15, 0.2) is 16.7 Å². The Morgan fingerprint density at radius 3 is 2.32 bits per heavy atom. The molecular weight excluding hydrogens is 566 g/mol. The van der Waals surface area contributed by atoms with E-state index in [0.717, 1.165) is 17.0 Å². The zero-order valence-corrected chi connectivity index (χ0v) is 23.1. The van der Waals surface area contributed by atoms with Crippen LogP contribution in [0.5, 0.6) is 5.75 Å². The highest BCUT2D eigenvalue weighted by atomic mass is 32.1. The number of nitriles is 1. The van der Waals surface area contributed by atoms with Crippen molar-refractivity contribution in [3.8, 4) is 11.8 Å². The molecule has 14 heteroatoms. The van der Waals surface area contributed by atoms with Gasteiger partial charge >= 0.3 is 12.1 Å². The molecule has 0 bridgehead atoms. The van der Waals surface area contributed by atoms with Gasteiger partial charge in [0.2, 0.25) is 0 Å². The summed E-state index contributed by atoms with van der Waals surface area (Å²) < 4.78 is 61.3. The molecular formula is C27H27F4N5O4S. The van der Waals surface area contributed by atoms with Crippen molar-refractivity contribution in [3.63, 3.8) is 0 Å². The minimum Gasteiger partial charge on any atom is -0.489 e. The van der Waals surface area contributed by atoms with E-state index in [0.29, 0.717) is 38.8 Å². The Hall–Kier alpha value is -3.80. The Morgan fingerprint density at radius 2 is 1.73 bits per heavy atom. The summed E-state index contributed by atoms with van der Waals surface area (Å²) in [6.07, 6.45) is -4.83. The lowest BCUT2D eigenvalue weighted by atomic mass is 10.0. The second kappa shape index (κ2) is 11.6. The van der Waals surface area contributed by atoms with E-state index in [1.165, 1.54) is 43.0 Å². The van der Waals surface area contributed by atoms with Gasteiger partial charge in [-0.05, 0) is 56.4 Å². The lowest BCUT2D eigenvalue weighted by Gasteiger charge is -2.33. The summed E-state index contributed by atoms with van der Waals surface area (Å²) in [5.74, 6) is -2.23. The number of ether oxygens (including phenoxy) is 1. The number of hydrogen-bond acceptors (Lipinski definition) is 7. The number of carboxylic acids is 1. The van der Waals surface area contributed by atoms with Crippen molar-refractivity contribution in [3.05, 3.63) is 53.3 Å². The number of alkyl halides is 3. The number of aliphatic carboxylic acids is 1. The minimum atomic E-state index is -4.83. The van der Waals surface area contributed by atoms with E-state index in [2.05, 4.69) is 4.90 Å². The number of rotatable bonds is 8. The third kappa shape index (κ3) is 6.27. The molecule has 41 heavy (non-hydrogen) atoms. The number of hydrogen-bond donors (Lipinski definition) is 1. The second-order valence-electron chi connectivity index (χ2n) is 10.1. The first-order valence-corrected chi connectivity index (χ1v) is 13.0. The molecule has 2 heterocycles. The SMILES string of the molecule is CC1(C)C(=O)N(c2ccc(C#N)c(C(F)(F)F)c2)C(=S)N1c1ccc(OCCN2CCN(CC(=O)O)CC2)c(F)c1. The average Bonchev–Trinajstić information content (AvgIpc) is 3.07. The number of nitrogens with zero attached hydrogens (tertiary/aromatic N) is 5. The number of halogens is 4. The summed E-state index contributed by atoms with van der Waals surface area (Å²) in [7, 11) is 0. The first-order chi connectivity index (χ1) is 19.2. The highest BCUT2D eigenvalue weighted by Crippen LogP contribution is 2.40. The van der Waals surface area contributed by atoms with Gasteiger partial charge in [0.25, 0.3) is 5.91 Å². The van der Waals surface area contributed by atoms with Crippen LogP contribution in [0.2, 0.25) is 0 Å². The third-order valence-electron chi connectivity index (χ3n) is 7.02. The van der Waals surface area contributed by atoms with Gasteiger partial charge in [-0.3, -0.25) is 24.3 Å². The molecule has 0 spiro atoms. The van der Waals surface area contributed by atoms with Crippen LogP contribution in [0.25, 0.3) is 0 Å². The maximum Gasteiger partial charge on any atom is 0.417 e. The van der Waals surface area contributed by atoms with Crippen molar-refractivity contribution in [2.45, 2.75) is 25.6 Å². The number of amides is 1. The Balaban J connectivity index is 1.47. The third-order valence-corrected chi connectivity index (χ3v) is 7.38. The van der Waals surface area contributed by atoms with Crippen LogP contribution < -0.4 is 14.5 Å². The van der Waals surface area contributed by atoms with Crippen molar-refractivity contribution >= 4 is 40.6 Å². The maximum absolute atomic E-state index is 15.1. The molecule has 1 amide bonds. The fourth-order valence-electron chi connectivity index (χ4n) is 4.85. The molecule has 2 aromatic carbocycles. The molecule has 2 aliphatic rings. The van der Waals surface area contributed by atoms with Crippen LogP contribution in [-0.2, 0) is 15.8 Å². The highest BCUT2D eigenvalue weighted by molar-refractivity contribution is 7.81. The molecule has 2 fully saturated rings. The first-order valence-electron chi connectivity index (χ1n) is 12.6. The van der Waals surface area contributed by atoms with Gasteiger partial charge in [-0.15, -0.1) is 0 Å². The normalized spacial score (nSPS) is 18.1. The van der Waals surface area contributed by atoms with Crippen molar-refractivity contribution in [2.75, 3.05) is 55.7 Å². The van der Waals surface area contributed by atoms with Crippen LogP contribution in [0.15, 0.2) is 36.4 Å². The smallest absolute Gasteiger partial charge is 0.417 e. The maximum atomic E-state index is 15.1. The largest absolute Gasteiger partial charge is 0.489 e. The van der Waals surface area contributed by atoms with E-state index in [1.807, 2.05) is 4.90 Å². The summed E-state index contributed by atoms with van der Waals surface area (Å²) in [5.41, 5.74) is -3.10. The van der Waals surface area contributed by atoms with Crippen LogP contribution in [0.4, 0.5) is 28.9 Å². The predicted octanol–water partition coefficient (Wildman–Crippen LogP) is 3.71. The zero-order chi connectivity index (χ0) is 30.1. The summed E-state index contributed by atoms with van der Waals surface area (Å²) in [6.45, 7) is 6.27. The van der Waals surface area contributed by atoms with Gasteiger partial charge in [0.05, 0.1) is 29.4 Å². The van der Waals surface area contributed by atoms with Gasteiger partial charge in [-0.1, -0.05) is 0 Å². The molecule has 2 aromatic rings. The molecule has 0 unspecified atom stereocenters. The van der Waals surface area contributed by atoms with Crippen molar-refractivity contribution in [2.24, 2.45) is 0 Å². The van der Waals surface area contributed by atoms with E-state index < -0.39 is 40.5 Å². The fraction of sp³-hybridized carbons (Fsp3) is 0.407. The predicted molar refractivity (Wildman–Crippen MR) is 145 cm³/mol. The Labute approximate surface area is 239 Å². The van der Waals surface area contributed by atoms with Crippen molar-refractivity contribution < 1.29 is 37.0 Å². The number of carbonyl (C=O) groups excluding carboxylic acids is 1. The summed E-state index contributed by atoms with van der Waals surface area (Å²) in [4.78, 5) is 30.4. The standard InChI is InChI=1S/C27H27F4N5O4S/c1-26(2)24(39)35(18-4-3-17(15-32)20(13-18)27(29,30)31)25(41)36(26)19-5-6-22(21(28)14-19)40-12-11-33-7-9-34(10-8-33)16-23(37)38/h3-6,13-14H,7-12,16H2,1-2H3,(H,37,38). The Morgan fingerprint density at radius 1 is 1.10 bits per heavy atom. The average molecular weight is 594 g/mol. The zero-order valence-electron chi connectivity index (χ0n) is 22.2. The summed E-state index contributed by atoms with van der Waals surface area (Å²) >= 11 is 5.49. The molecule has 1 N–H and O–H groups in total. The van der Waals surface area contributed by atoms with E-state index in [9.17, 15) is 22.8 Å². The number of carbonyl (C=O) groups is 2. The van der Waals surface area contributed by atoms with E-state index in [4.69, 9.17) is 27.3 Å². The number of benzene rings is 2. The molecule has 9 nitrogen and oxygen atoms in total. The van der Waals surface area contributed by atoms with Gasteiger partial charge in [-0.2, -0.15) is 18.4 Å². The Kier molecular flexibility index (Phi) is 8.53. The van der Waals surface area contributed by atoms with Crippen LogP contribution in [0.1, 0.15) is 25.0 Å². The van der Waals surface area contributed by atoms with Crippen LogP contribution in [0, 0.1) is 17.1 Å². The molecule has 0 aromatic heterocycles. The molecule has 0 saturated carbocycles. The minimum absolute atomic E-state index is 0.00934. The number of carboxylic acid groups (broad SMARTS) is 1. The molecule has 2 aliphatic heterocycles.